The zero-order valence-electron chi connectivity index (χ0n) is 10.8. The minimum Gasteiger partial charge on any atom is -0.340 e. The first-order valence-corrected chi connectivity index (χ1v) is 6.46. The van der Waals surface area contributed by atoms with Crippen LogP contribution < -0.4 is 0 Å². The van der Waals surface area contributed by atoms with Crippen LogP contribution in [0.25, 0.3) is 0 Å². The van der Waals surface area contributed by atoms with E-state index in [0.717, 1.165) is 5.56 Å². The van der Waals surface area contributed by atoms with E-state index in [1.807, 2.05) is 18.2 Å². The molecular weight excluding hydrogens is 230 g/mol. The van der Waals surface area contributed by atoms with Crippen molar-refractivity contribution >= 4 is 17.0 Å². The molecule has 0 aliphatic carbocycles. The van der Waals surface area contributed by atoms with E-state index >= 15 is 0 Å². The van der Waals surface area contributed by atoms with Crippen LogP contribution in [0.5, 0.6) is 0 Å². The maximum atomic E-state index is 11.8. The summed E-state index contributed by atoms with van der Waals surface area (Å²) in [4.78, 5) is 13.4. The molecule has 0 aliphatic rings. The summed E-state index contributed by atoms with van der Waals surface area (Å²) >= 11 is 1.34. The molecule has 1 aromatic rings. The van der Waals surface area contributed by atoms with Gasteiger partial charge in [-0.3, -0.25) is 4.79 Å². The molecule has 92 valence electrons. The molecule has 0 aliphatic heterocycles. The highest BCUT2D eigenvalue weighted by molar-refractivity contribution is 8.13. The molecule has 0 fully saturated rings. The van der Waals surface area contributed by atoms with Gasteiger partial charge in [0.05, 0.1) is 5.25 Å². The van der Waals surface area contributed by atoms with Gasteiger partial charge < -0.3 is 4.90 Å². The Labute approximate surface area is 108 Å². The van der Waals surface area contributed by atoms with Gasteiger partial charge >= 0.3 is 0 Å². The molecule has 0 aromatic heterocycles. The largest absolute Gasteiger partial charge is 0.340 e. The highest BCUT2D eigenvalue weighted by Gasteiger charge is 2.15. The third-order valence-corrected chi connectivity index (χ3v) is 3.43. The third-order valence-electron chi connectivity index (χ3n) is 2.21. The summed E-state index contributed by atoms with van der Waals surface area (Å²) in [5, 5.41) is 0.174. The van der Waals surface area contributed by atoms with Crippen LogP contribution in [0.3, 0.4) is 0 Å². The fourth-order valence-corrected chi connectivity index (χ4v) is 2.42. The topological polar surface area (TPSA) is 20.3 Å². The molecule has 0 radical (unpaired) electrons. The predicted octanol–water partition coefficient (Wildman–Crippen LogP) is 4.11. The Bertz CT molecular complexity index is 394. The number of rotatable bonds is 3. The molecule has 3 heteroatoms. The molecule has 1 amide bonds. The van der Waals surface area contributed by atoms with Crippen molar-refractivity contribution in [2.45, 2.75) is 19.1 Å². The van der Waals surface area contributed by atoms with Gasteiger partial charge in [-0.1, -0.05) is 53.7 Å². The van der Waals surface area contributed by atoms with Crippen LogP contribution in [0.15, 0.2) is 42.0 Å². The van der Waals surface area contributed by atoms with Crippen LogP contribution in [0, 0.1) is 0 Å². The summed E-state index contributed by atoms with van der Waals surface area (Å²) in [6.07, 6.45) is 2.13. The summed E-state index contributed by atoms with van der Waals surface area (Å²) in [5.41, 5.74) is 2.38. The van der Waals surface area contributed by atoms with Crippen LogP contribution in [0.4, 0.5) is 4.79 Å². The Morgan fingerprint density at radius 2 is 1.82 bits per heavy atom. The summed E-state index contributed by atoms with van der Waals surface area (Å²) in [5.74, 6) is 0. The maximum Gasteiger partial charge on any atom is 0.282 e. The van der Waals surface area contributed by atoms with Crippen molar-refractivity contribution in [2.24, 2.45) is 0 Å². The van der Waals surface area contributed by atoms with E-state index < -0.39 is 0 Å². The van der Waals surface area contributed by atoms with E-state index in [1.54, 1.807) is 19.0 Å². The number of hydrogen-bond donors (Lipinski definition) is 0. The third kappa shape index (κ3) is 4.65. The molecule has 17 heavy (non-hydrogen) atoms. The van der Waals surface area contributed by atoms with Gasteiger partial charge in [0.25, 0.3) is 5.24 Å². The van der Waals surface area contributed by atoms with Crippen molar-refractivity contribution in [1.29, 1.82) is 0 Å². The molecule has 1 unspecified atom stereocenters. The fraction of sp³-hybridized carbons (Fsp3) is 0.357. The van der Waals surface area contributed by atoms with E-state index in [9.17, 15) is 4.79 Å². The summed E-state index contributed by atoms with van der Waals surface area (Å²) < 4.78 is 0. The van der Waals surface area contributed by atoms with E-state index in [2.05, 4.69) is 32.1 Å². The molecule has 1 aromatic carbocycles. The van der Waals surface area contributed by atoms with Gasteiger partial charge in [-0.05, 0) is 19.4 Å². The zero-order valence-corrected chi connectivity index (χ0v) is 11.6. The average Bonchev–Trinajstić information content (AvgIpc) is 2.28. The molecule has 0 saturated carbocycles. The van der Waals surface area contributed by atoms with E-state index in [4.69, 9.17) is 0 Å². The fourth-order valence-electron chi connectivity index (χ4n) is 1.36. The monoisotopic (exact) mass is 249 g/mol. The molecule has 2 nitrogen and oxygen atoms in total. The molecule has 1 rings (SSSR count). The lowest BCUT2D eigenvalue weighted by molar-refractivity contribution is 0.241. The van der Waals surface area contributed by atoms with Gasteiger partial charge in [-0.25, -0.2) is 0 Å². The molecule has 0 N–H and O–H groups in total. The number of hydrogen-bond acceptors (Lipinski definition) is 2. The Kier molecular flexibility index (Phi) is 5.29. The van der Waals surface area contributed by atoms with Gasteiger partial charge in [0.15, 0.2) is 0 Å². The van der Waals surface area contributed by atoms with Crippen LogP contribution in [0.1, 0.15) is 24.7 Å². The number of allylic oxidation sites excluding steroid dienone is 1. The smallest absolute Gasteiger partial charge is 0.282 e. The zero-order chi connectivity index (χ0) is 12.8. The number of nitrogens with zero attached hydrogens (tertiary/aromatic N) is 1. The van der Waals surface area contributed by atoms with Gasteiger partial charge in [0.1, 0.15) is 0 Å². The van der Waals surface area contributed by atoms with E-state index in [1.165, 1.54) is 17.3 Å². The molecule has 0 spiro atoms. The van der Waals surface area contributed by atoms with Crippen LogP contribution in [-0.4, -0.2) is 24.2 Å². The Balaban J connectivity index is 2.90. The first-order valence-electron chi connectivity index (χ1n) is 5.58. The second-order valence-corrected chi connectivity index (χ2v) is 5.45. The normalized spacial score (nSPS) is 11.8. The highest BCUT2D eigenvalue weighted by Crippen LogP contribution is 2.32. The maximum absolute atomic E-state index is 11.8. The van der Waals surface area contributed by atoms with Crippen molar-refractivity contribution in [3.8, 4) is 0 Å². The van der Waals surface area contributed by atoms with Crippen molar-refractivity contribution < 1.29 is 4.79 Å². The van der Waals surface area contributed by atoms with Gasteiger partial charge in [0.2, 0.25) is 0 Å². The standard InChI is InChI=1S/C14H19NOS/c1-11(2)10-13(17-14(16)15(3)4)12-8-6-5-7-9-12/h5-10,13H,1-4H3. The Morgan fingerprint density at radius 3 is 2.29 bits per heavy atom. The van der Waals surface area contributed by atoms with Crippen LogP contribution in [-0.2, 0) is 0 Å². The lowest BCUT2D eigenvalue weighted by Crippen LogP contribution is -2.17. The van der Waals surface area contributed by atoms with E-state index in [0.29, 0.717) is 0 Å². The van der Waals surface area contributed by atoms with Crippen molar-refractivity contribution in [1.82, 2.24) is 4.90 Å². The number of thioether (sulfide) groups is 1. The molecule has 0 bridgehead atoms. The van der Waals surface area contributed by atoms with Gasteiger partial charge in [-0.2, -0.15) is 0 Å². The van der Waals surface area contributed by atoms with Crippen molar-refractivity contribution in [2.75, 3.05) is 14.1 Å². The quantitative estimate of drug-likeness (QED) is 0.751. The first-order chi connectivity index (χ1) is 8.00. The van der Waals surface area contributed by atoms with E-state index in [-0.39, 0.29) is 10.5 Å². The summed E-state index contributed by atoms with van der Waals surface area (Å²) in [6.45, 7) is 4.10. The molecular formula is C14H19NOS. The number of amides is 1. The number of carbonyl (C=O) groups excluding carboxylic acids is 1. The molecule has 0 heterocycles. The average molecular weight is 249 g/mol. The SMILES string of the molecule is CC(C)=CC(SC(=O)N(C)C)c1ccccc1. The first kappa shape index (κ1) is 13.8. The molecule has 1 atom stereocenters. The Hall–Kier alpha value is -1.22. The second-order valence-electron chi connectivity index (χ2n) is 4.35. The van der Waals surface area contributed by atoms with Gasteiger partial charge in [0, 0.05) is 14.1 Å². The second kappa shape index (κ2) is 6.50. The van der Waals surface area contributed by atoms with Crippen LogP contribution >= 0.6 is 11.8 Å². The summed E-state index contributed by atoms with van der Waals surface area (Å²) in [7, 11) is 3.56. The summed E-state index contributed by atoms with van der Waals surface area (Å²) in [6, 6.07) is 10.1. The number of carbonyl (C=O) groups is 1. The minimum atomic E-state index is 0.0800. The predicted molar refractivity (Wildman–Crippen MR) is 75.3 cm³/mol. The lowest BCUT2D eigenvalue weighted by atomic mass is 10.1. The Morgan fingerprint density at radius 1 is 1.24 bits per heavy atom. The highest BCUT2D eigenvalue weighted by atomic mass is 32.2. The van der Waals surface area contributed by atoms with Crippen molar-refractivity contribution in [3.63, 3.8) is 0 Å². The number of benzene rings is 1. The molecule has 0 saturated heterocycles. The lowest BCUT2D eigenvalue weighted by Gasteiger charge is -2.16. The van der Waals surface area contributed by atoms with Crippen molar-refractivity contribution in [3.05, 3.63) is 47.5 Å². The minimum absolute atomic E-state index is 0.0800. The van der Waals surface area contributed by atoms with Gasteiger partial charge in [-0.15, -0.1) is 0 Å². The van der Waals surface area contributed by atoms with Crippen LogP contribution in [0.2, 0.25) is 0 Å².